The van der Waals surface area contributed by atoms with Crippen LogP contribution >= 0.6 is 0 Å². The zero-order chi connectivity index (χ0) is 10.7. The van der Waals surface area contributed by atoms with Gasteiger partial charge in [0.2, 0.25) is 0 Å². The first-order chi connectivity index (χ1) is 6.57. The molecule has 1 rings (SSSR count). The lowest BCUT2D eigenvalue weighted by Gasteiger charge is -2.16. The van der Waals surface area contributed by atoms with Crippen molar-refractivity contribution in [2.24, 2.45) is 5.73 Å². The predicted octanol–water partition coefficient (Wildman–Crippen LogP) is 2.58. The Morgan fingerprint density at radius 3 is 2.57 bits per heavy atom. The number of aromatic hydroxyl groups is 1. The minimum Gasteiger partial charge on any atom is -0.507 e. The quantitative estimate of drug-likeness (QED) is 0.721. The molecule has 0 spiro atoms. The molecule has 0 aliphatic rings. The number of nitrogens with two attached hydrogens (primary N) is 1. The molecule has 1 atom stereocenters. The third-order valence-electron chi connectivity index (χ3n) is 2.43. The van der Waals surface area contributed by atoms with Crippen LogP contribution in [0, 0.1) is 13.8 Å². The molecule has 0 unspecified atom stereocenters. The summed E-state index contributed by atoms with van der Waals surface area (Å²) in [6.07, 6.45) is 2.45. The van der Waals surface area contributed by atoms with E-state index >= 15 is 0 Å². The second kappa shape index (κ2) is 4.29. The summed E-state index contributed by atoms with van der Waals surface area (Å²) < 4.78 is 0. The van der Waals surface area contributed by atoms with E-state index < -0.39 is 0 Å². The van der Waals surface area contributed by atoms with Crippen LogP contribution in [0.3, 0.4) is 0 Å². The lowest BCUT2D eigenvalue weighted by Crippen LogP contribution is -2.11. The van der Waals surface area contributed by atoms with Crippen molar-refractivity contribution in [2.75, 3.05) is 0 Å². The van der Waals surface area contributed by atoms with Crippen LogP contribution in [0.25, 0.3) is 0 Å². The van der Waals surface area contributed by atoms with Crippen LogP contribution in [0.4, 0.5) is 0 Å². The summed E-state index contributed by atoms with van der Waals surface area (Å²) in [4.78, 5) is 0. The van der Waals surface area contributed by atoms with E-state index in [0.29, 0.717) is 12.2 Å². The van der Waals surface area contributed by atoms with Crippen LogP contribution in [-0.4, -0.2) is 5.11 Å². The first-order valence-corrected chi connectivity index (χ1v) is 4.73. The maximum Gasteiger partial charge on any atom is 0.123 e. The Bertz CT molecular complexity index is 344. The van der Waals surface area contributed by atoms with Gasteiger partial charge in [-0.1, -0.05) is 18.2 Å². The van der Waals surface area contributed by atoms with E-state index in [1.54, 1.807) is 6.08 Å². The summed E-state index contributed by atoms with van der Waals surface area (Å²) in [6.45, 7) is 7.48. The fourth-order valence-electron chi connectivity index (χ4n) is 1.58. The molecule has 0 heterocycles. The van der Waals surface area contributed by atoms with E-state index in [0.717, 1.165) is 16.7 Å². The van der Waals surface area contributed by atoms with Crippen molar-refractivity contribution in [3.05, 3.63) is 41.5 Å². The molecule has 0 aliphatic heterocycles. The first kappa shape index (κ1) is 10.8. The van der Waals surface area contributed by atoms with Gasteiger partial charge < -0.3 is 10.8 Å². The van der Waals surface area contributed by atoms with Crippen molar-refractivity contribution in [1.29, 1.82) is 0 Å². The Hall–Kier alpha value is -1.28. The highest BCUT2D eigenvalue weighted by Gasteiger charge is 2.13. The molecule has 0 aliphatic carbocycles. The van der Waals surface area contributed by atoms with Crippen LogP contribution in [0.5, 0.6) is 5.75 Å². The maximum atomic E-state index is 9.86. The van der Waals surface area contributed by atoms with Gasteiger partial charge in [0.25, 0.3) is 0 Å². The van der Waals surface area contributed by atoms with Gasteiger partial charge in [-0.2, -0.15) is 0 Å². The van der Waals surface area contributed by atoms with Gasteiger partial charge in [-0.25, -0.2) is 0 Å². The fourth-order valence-corrected chi connectivity index (χ4v) is 1.58. The van der Waals surface area contributed by atoms with Crippen LogP contribution < -0.4 is 5.73 Å². The molecule has 0 aromatic heterocycles. The molecule has 0 fully saturated rings. The highest BCUT2D eigenvalue weighted by Crippen LogP contribution is 2.31. The molecule has 14 heavy (non-hydrogen) atoms. The third-order valence-corrected chi connectivity index (χ3v) is 2.43. The number of aryl methyl sites for hydroxylation is 2. The fraction of sp³-hybridized carbons (Fsp3) is 0.333. The summed E-state index contributed by atoms with van der Waals surface area (Å²) in [5.41, 5.74) is 8.68. The van der Waals surface area contributed by atoms with Crippen molar-refractivity contribution >= 4 is 0 Å². The second-order valence-electron chi connectivity index (χ2n) is 3.59. The average molecular weight is 191 g/mol. The number of hydrogen-bond acceptors (Lipinski definition) is 2. The molecule has 1 aromatic carbocycles. The Labute approximate surface area is 85.1 Å². The summed E-state index contributed by atoms with van der Waals surface area (Å²) in [7, 11) is 0. The van der Waals surface area contributed by atoms with Crippen molar-refractivity contribution in [3.63, 3.8) is 0 Å². The third kappa shape index (κ3) is 1.96. The minimum atomic E-state index is -0.160. The minimum absolute atomic E-state index is 0.160. The number of hydrogen-bond donors (Lipinski definition) is 2. The highest BCUT2D eigenvalue weighted by atomic mass is 16.3. The van der Waals surface area contributed by atoms with Crippen molar-refractivity contribution < 1.29 is 5.11 Å². The number of rotatable bonds is 3. The SMILES string of the molecule is C=CC[C@H](N)c1c(C)ccc(C)c1O. The standard InChI is InChI=1S/C12H17NO/c1-4-5-10(13)11-8(2)6-7-9(3)12(11)14/h4,6-7,10,14H,1,5,13H2,2-3H3/t10-/m0/s1. The molecular formula is C12H17NO. The number of benzene rings is 1. The van der Waals surface area contributed by atoms with Gasteiger partial charge in [0, 0.05) is 11.6 Å². The van der Waals surface area contributed by atoms with Gasteiger partial charge in [-0.05, 0) is 31.4 Å². The Morgan fingerprint density at radius 2 is 2.00 bits per heavy atom. The topological polar surface area (TPSA) is 46.2 Å². The normalized spacial score (nSPS) is 12.5. The molecule has 0 saturated heterocycles. The lowest BCUT2D eigenvalue weighted by atomic mass is 9.96. The maximum absolute atomic E-state index is 9.86. The van der Waals surface area contributed by atoms with Gasteiger partial charge in [0.15, 0.2) is 0 Å². The van der Waals surface area contributed by atoms with Gasteiger partial charge >= 0.3 is 0 Å². The van der Waals surface area contributed by atoms with Crippen LogP contribution in [0.1, 0.15) is 29.2 Å². The van der Waals surface area contributed by atoms with Crippen molar-refractivity contribution in [3.8, 4) is 5.75 Å². The molecule has 3 N–H and O–H groups in total. The van der Waals surface area contributed by atoms with E-state index in [9.17, 15) is 5.11 Å². The van der Waals surface area contributed by atoms with Gasteiger partial charge in [0.05, 0.1) is 0 Å². The van der Waals surface area contributed by atoms with Gasteiger partial charge in [-0.3, -0.25) is 0 Å². The van der Waals surface area contributed by atoms with Gasteiger partial charge in [-0.15, -0.1) is 6.58 Å². The van der Waals surface area contributed by atoms with E-state index in [-0.39, 0.29) is 6.04 Å². The average Bonchev–Trinajstić information content (AvgIpc) is 2.13. The lowest BCUT2D eigenvalue weighted by molar-refractivity contribution is 0.456. The zero-order valence-corrected chi connectivity index (χ0v) is 8.75. The Balaban J connectivity index is 3.17. The Morgan fingerprint density at radius 1 is 1.43 bits per heavy atom. The molecule has 2 nitrogen and oxygen atoms in total. The molecule has 0 saturated carbocycles. The number of phenolic OH excluding ortho intramolecular Hbond substituents is 1. The van der Waals surface area contributed by atoms with E-state index in [1.807, 2.05) is 26.0 Å². The van der Waals surface area contributed by atoms with E-state index in [1.165, 1.54) is 0 Å². The summed E-state index contributed by atoms with van der Waals surface area (Å²) >= 11 is 0. The zero-order valence-electron chi connectivity index (χ0n) is 8.75. The number of phenols is 1. The van der Waals surface area contributed by atoms with Crippen LogP contribution in [-0.2, 0) is 0 Å². The van der Waals surface area contributed by atoms with Gasteiger partial charge in [0.1, 0.15) is 5.75 Å². The largest absolute Gasteiger partial charge is 0.507 e. The molecule has 2 heteroatoms. The molecule has 0 radical (unpaired) electrons. The predicted molar refractivity (Wildman–Crippen MR) is 59.3 cm³/mol. The summed E-state index contributed by atoms with van der Waals surface area (Å²) in [6, 6.07) is 3.72. The monoisotopic (exact) mass is 191 g/mol. The second-order valence-corrected chi connectivity index (χ2v) is 3.59. The molecule has 76 valence electrons. The van der Waals surface area contributed by atoms with Crippen molar-refractivity contribution in [1.82, 2.24) is 0 Å². The van der Waals surface area contributed by atoms with E-state index in [4.69, 9.17) is 5.73 Å². The highest BCUT2D eigenvalue weighted by molar-refractivity contribution is 5.46. The first-order valence-electron chi connectivity index (χ1n) is 4.73. The van der Waals surface area contributed by atoms with Crippen molar-refractivity contribution in [2.45, 2.75) is 26.3 Å². The summed E-state index contributed by atoms with van der Waals surface area (Å²) in [5.74, 6) is 0.319. The van der Waals surface area contributed by atoms with Crippen LogP contribution in [0.2, 0.25) is 0 Å². The molecule has 0 amide bonds. The Kier molecular flexibility index (Phi) is 3.31. The molecule has 1 aromatic rings. The smallest absolute Gasteiger partial charge is 0.123 e. The molecule has 0 bridgehead atoms. The summed E-state index contributed by atoms with van der Waals surface area (Å²) in [5, 5.41) is 9.86. The van der Waals surface area contributed by atoms with E-state index in [2.05, 4.69) is 6.58 Å². The van der Waals surface area contributed by atoms with Crippen LogP contribution in [0.15, 0.2) is 24.8 Å². The molecular weight excluding hydrogens is 174 g/mol.